The van der Waals surface area contributed by atoms with Crippen LogP contribution in [-0.2, 0) is 15.0 Å². The Kier molecular flexibility index (Phi) is 5.42. The third-order valence-electron chi connectivity index (χ3n) is 5.50. The minimum Gasteiger partial charge on any atom is -0.311 e. The zero-order valence-electron chi connectivity index (χ0n) is 16.0. The van der Waals surface area contributed by atoms with Crippen molar-refractivity contribution < 1.29 is 9.59 Å². The number of hydrogen-bond acceptors (Lipinski definition) is 4. The van der Waals surface area contributed by atoms with Gasteiger partial charge in [0.25, 0.3) is 0 Å². The van der Waals surface area contributed by atoms with Gasteiger partial charge in [0.15, 0.2) is 5.78 Å². The van der Waals surface area contributed by atoms with Crippen LogP contribution in [0.25, 0.3) is 0 Å². The quantitative estimate of drug-likeness (QED) is 0.876. The summed E-state index contributed by atoms with van der Waals surface area (Å²) in [4.78, 5) is 29.3. The van der Waals surface area contributed by atoms with Gasteiger partial charge < -0.3 is 10.2 Å². The average Bonchev–Trinajstić information content (AvgIpc) is 2.85. The smallest absolute Gasteiger partial charge is 0.241 e. The highest BCUT2D eigenvalue weighted by molar-refractivity contribution is 6.31. The van der Waals surface area contributed by atoms with Gasteiger partial charge in [0.2, 0.25) is 5.91 Å². The molecule has 1 aromatic carbocycles. The molecule has 2 aliphatic heterocycles. The first kappa shape index (κ1) is 19.3. The first-order valence-electron chi connectivity index (χ1n) is 9.33. The van der Waals surface area contributed by atoms with Crippen LogP contribution in [0.1, 0.15) is 39.7 Å². The molecule has 5 nitrogen and oxygen atoms in total. The number of carbonyl (C=O) groups is 2. The van der Waals surface area contributed by atoms with Crippen LogP contribution in [0.5, 0.6) is 0 Å². The maximum atomic E-state index is 13.1. The summed E-state index contributed by atoms with van der Waals surface area (Å²) in [6.45, 7) is 10.4. The Bertz CT molecular complexity index is 719. The lowest BCUT2D eigenvalue weighted by Crippen LogP contribution is -2.60. The predicted octanol–water partition coefficient (Wildman–Crippen LogP) is 2.61. The number of nitrogens with zero attached hydrogens (tertiary/aromatic N) is 2. The van der Waals surface area contributed by atoms with Crippen LogP contribution in [0, 0.1) is 0 Å². The summed E-state index contributed by atoms with van der Waals surface area (Å²) in [5.41, 5.74) is 1.93. The molecule has 0 bridgehead atoms. The summed E-state index contributed by atoms with van der Waals surface area (Å²) in [6, 6.07) is 5.80. The molecule has 1 aromatic rings. The highest BCUT2D eigenvalue weighted by atomic mass is 35.5. The maximum Gasteiger partial charge on any atom is 0.241 e. The number of piperazine rings is 1. The fraction of sp³-hybridized carbons (Fsp3) is 0.600. The van der Waals surface area contributed by atoms with Crippen molar-refractivity contribution in [1.29, 1.82) is 0 Å². The van der Waals surface area contributed by atoms with Crippen molar-refractivity contribution in [3.8, 4) is 0 Å². The van der Waals surface area contributed by atoms with E-state index in [9.17, 15) is 9.59 Å². The van der Waals surface area contributed by atoms with Crippen LogP contribution in [0.3, 0.4) is 0 Å². The average molecular weight is 378 g/mol. The number of hydrogen-bond donors (Lipinski definition) is 1. The number of anilines is 1. The Morgan fingerprint density at radius 1 is 1.35 bits per heavy atom. The zero-order chi connectivity index (χ0) is 19.1. The van der Waals surface area contributed by atoms with Gasteiger partial charge in [-0.2, -0.15) is 0 Å². The van der Waals surface area contributed by atoms with Gasteiger partial charge in [0.05, 0.1) is 12.6 Å². The first-order chi connectivity index (χ1) is 12.2. The SMILES string of the molecule is CCC(=O)[C@H]1CN[C@H](C)CN1CC(=O)N1CC(C)(C)c2ccc(Cl)cc21. The minimum absolute atomic E-state index is 0.0297. The molecule has 0 radical (unpaired) electrons. The number of benzene rings is 1. The molecule has 26 heavy (non-hydrogen) atoms. The standard InChI is InChI=1S/C20H28ClN3O2/c1-5-18(25)17-9-22-13(2)10-23(17)11-19(26)24-12-20(3,4)15-7-6-14(21)8-16(15)24/h6-8,13,17,22H,5,9-12H2,1-4H3/t13-,17-/m1/s1. The van der Waals surface area contributed by atoms with E-state index in [1.54, 1.807) is 0 Å². The molecule has 0 saturated carbocycles. The lowest BCUT2D eigenvalue weighted by molar-refractivity contribution is -0.127. The van der Waals surface area contributed by atoms with Crippen molar-refractivity contribution in [3.05, 3.63) is 28.8 Å². The lowest BCUT2D eigenvalue weighted by atomic mass is 9.87. The zero-order valence-corrected chi connectivity index (χ0v) is 16.8. The third-order valence-corrected chi connectivity index (χ3v) is 5.74. The predicted molar refractivity (Wildman–Crippen MR) is 105 cm³/mol. The van der Waals surface area contributed by atoms with Gasteiger partial charge in [0.1, 0.15) is 0 Å². The van der Waals surface area contributed by atoms with Crippen molar-refractivity contribution >= 4 is 29.0 Å². The highest BCUT2D eigenvalue weighted by Gasteiger charge is 2.39. The fourth-order valence-electron chi connectivity index (χ4n) is 4.06. The molecule has 1 fully saturated rings. The van der Waals surface area contributed by atoms with E-state index in [0.717, 1.165) is 11.3 Å². The van der Waals surface area contributed by atoms with E-state index < -0.39 is 0 Å². The second-order valence-corrected chi connectivity index (χ2v) is 8.54. The number of Topliss-reactive ketones (excluding diaryl/α,β-unsaturated/α-hetero) is 1. The Labute approximate surface area is 160 Å². The van der Waals surface area contributed by atoms with Crippen molar-refractivity contribution in [2.75, 3.05) is 31.1 Å². The highest BCUT2D eigenvalue weighted by Crippen LogP contribution is 2.41. The lowest BCUT2D eigenvalue weighted by Gasteiger charge is -2.38. The summed E-state index contributed by atoms with van der Waals surface area (Å²) in [5.74, 6) is 0.212. The molecule has 2 aliphatic rings. The van der Waals surface area contributed by atoms with Gasteiger partial charge >= 0.3 is 0 Å². The van der Waals surface area contributed by atoms with Gasteiger partial charge in [-0.15, -0.1) is 0 Å². The monoisotopic (exact) mass is 377 g/mol. The molecule has 0 unspecified atom stereocenters. The van der Waals surface area contributed by atoms with E-state index in [1.165, 1.54) is 0 Å². The summed E-state index contributed by atoms with van der Waals surface area (Å²) >= 11 is 6.18. The van der Waals surface area contributed by atoms with Crippen molar-refractivity contribution in [2.24, 2.45) is 0 Å². The Morgan fingerprint density at radius 3 is 2.77 bits per heavy atom. The van der Waals surface area contributed by atoms with Gasteiger partial charge in [-0.05, 0) is 24.6 Å². The Balaban J connectivity index is 1.81. The van der Waals surface area contributed by atoms with Crippen molar-refractivity contribution in [2.45, 2.75) is 51.6 Å². The summed E-state index contributed by atoms with van der Waals surface area (Å²) in [7, 11) is 0. The van der Waals surface area contributed by atoms with Gasteiger partial charge in [-0.3, -0.25) is 14.5 Å². The van der Waals surface area contributed by atoms with E-state index in [2.05, 4.69) is 26.1 Å². The van der Waals surface area contributed by atoms with Crippen LogP contribution in [0.15, 0.2) is 18.2 Å². The summed E-state index contributed by atoms with van der Waals surface area (Å²) in [5, 5.41) is 3.98. The first-order valence-corrected chi connectivity index (χ1v) is 9.71. The molecular formula is C20H28ClN3O2. The minimum atomic E-state index is -0.227. The van der Waals surface area contributed by atoms with E-state index in [1.807, 2.05) is 34.9 Å². The van der Waals surface area contributed by atoms with Gasteiger partial charge in [0, 0.05) is 48.2 Å². The fourth-order valence-corrected chi connectivity index (χ4v) is 4.23. The van der Waals surface area contributed by atoms with Gasteiger partial charge in [-0.1, -0.05) is 38.4 Å². The maximum absolute atomic E-state index is 13.1. The molecular weight excluding hydrogens is 350 g/mol. The largest absolute Gasteiger partial charge is 0.311 e. The molecule has 1 amide bonds. The molecule has 1 N–H and O–H groups in total. The molecule has 142 valence electrons. The third kappa shape index (κ3) is 3.66. The van der Waals surface area contributed by atoms with E-state index in [0.29, 0.717) is 31.1 Å². The molecule has 6 heteroatoms. The number of halogens is 1. The second kappa shape index (κ2) is 7.29. The Morgan fingerprint density at radius 2 is 2.08 bits per heavy atom. The number of carbonyl (C=O) groups excluding carboxylic acids is 2. The van der Waals surface area contributed by atoms with E-state index in [-0.39, 0.29) is 35.7 Å². The van der Waals surface area contributed by atoms with Crippen LogP contribution in [0.2, 0.25) is 5.02 Å². The topological polar surface area (TPSA) is 52.7 Å². The molecule has 0 aromatic heterocycles. The molecule has 2 heterocycles. The number of nitrogens with one attached hydrogen (secondary N) is 1. The number of amides is 1. The van der Waals surface area contributed by atoms with Crippen LogP contribution >= 0.6 is 11.6 Å². The summed E-state index contributed by atoms with van der Waals surface area (Å²) < 4.78 is 0. The molecule has 2 atom stereocenters. The van der Waals surface area contributed by atoms with Crippen LogP contribution in [-0.4, -0.2) is 54.9 Å². The van der Waals surface area contributed by atoms with Crippen molar-refractivity contribution in [1.82, 2.24) is 10.2 Å². The molecule has 0 spiro atoms. The number of fused-ring (bicyclic) bond motifs is 1. The van der Waals surface area contributed by atoms with E-state index >= 15 is 0 Å². The Hall–Kier alpha value is -1.43. The molecule has 1 saturated heterocycles. The molecule has 3 rings (SSSR count). The van der Waals surface area contributed by atoms with E-state index in [4.69, 9.17) is 11.6 Å². The number of rotatable bonds is 4. The van der Waals surface area contributed by atoms with Crippen molar-refractivity contribution in [3.63, 3.8) is 0 Å². The normalized spacial score (nSPS) is 25.2. The number of ketones is 1. The second-order valence-electron chi connectivity index (χ2n) is 8.10. The van der Waals surface area contributed by atoms with Crippen LogP contribution in [0.4, 0.5) is 5.69 Å². The van der Waals surface area contributed by atoms with Crippen LogP contribution < -0.4 is 10.2 Å². The molecule has 0 aliphatic carbocycles. The van der Waals surface area contributed by atoms with Gasteiger partial charge in [-0.25, -0.2) is 0 Å². The summed E-state index contributed by atoms with van der Waals surface area (Å²) in [6.07, 6.45) is 0.487.